The highest BCUT2D eigenvalue weighted by molar-refractivity contribution is 9.11. The average molecular weight is 673 g/mol. The molecule has 4 heterocycles. The highest BCUT2D eigenvalue weighted by Gasteiger charge is 2.74. The number of hydrogen-bond acceptors (Lipinski definition) is 7. The van der Waals surface area contributed by atoms with Crippen molar-refractivity contribution in [3.8, 4) is 0 Å². The van der Waals surface area contributed by atoms with Gasteiger partial charge in [0, 0.05) is 37.1 Å². The third-order valence-electron chi connectivity index (χ3n) is 9.03. The SMILES string of the molecule is CCCCN1C/C=C\CCC(=O)NC[C@@H](c2ccccc2)OC(=O)[C@@H]2[C@H]3O[C@@]4(C=C3Br)[C@H](C1=O)N(CCCCCO)C(=O)[C@@H]24. The van der Waals surface area contributed by atoms with Crippen LogP contribution < -0.4 is 5.32 Å². The minimum Gasteiger partial charge on any atom is -0.455 e. The van der Waals surface area contributed by atoms with E-state index in [0.717, 1.165) is 18.4 Å². The summed E-state index contributed by atoms with van der Waals surface area (Å²) in [6.45, 7) is 3.34. The summed E-state index contributed by atoms with van der Waals surface area (Å²) in [4.78, 5) is 58.9. The van der Waals surface area contributed by atoms with E-state index in [1.165, 1.54) is 0 Å². The van der Waals surface area contributed by atoms with E-state index in [0.29, 0.717) is 49.8 Å². The van der Waals surface area contributed by atoms with Gasteiger partial charge in [0.2, 0.25) is 17.7 Å². The molecule has 1 aromatic carbocycles. The number of amides is 3. The maximum atomic E-state index is 14.5. The van der Waals surface area contributed by atoms with Gasteiger partial charge in [-0.3, -0.25) is 19.2 Å². The lowest BCUT2D eigenvalue weighted by molar-refractivity contribution is -0.159. The largest absolute Gasteiger partial charge is 0.455 e. The lowest BCUT2D eigenvalue weighted by Gasteiger charge is -2.36. The summed E-state index contributed by atoms with van der Waals surface area (Å²) < 4.78 is 13.3. The van der Waals surface area contributed by atoms with Gasteiger partial charge in [-0.05, 0) is 43.7 Å². The Balaban J connectivity index is 1.55. The second kappa shape index (κ2) is 14.4. The summed E-state index contributed by atoms with van der Waals surface area (Å²) in [6.07, 6.45) is 8.39. The van der Waals surface area contributed by atoms with Crippen molar-refractivity contribution in [2.75, 3.05) is 32.8 Å². The Morgan fingerprint density at radius 1 is 1.02 bits per heavy atom. The van der Waals surface area contributed by atoms with E-state index in [9.17, 15) is 24.3 Å². The molecular weight excluding hydrogens is 630 g/mol. The number of carbonyl (C=O) groups is 4. The number of esters is 1. The molecule has 5 rings (SSSR count). The fourth-order valence-corrected chi connectivity index (χ4v) is 7.57. The minimum absolute atomic E-state index is 0.0530. The van der Waals surface area contributed by atoms with Crippen LogP contribution in [0.1, 0.15) is 63.5 Å². The second-order valence-corrected chi connectivity index (χ2v) is 12.8. The van der Waals surface area contributed by atoms with Crippen LogP contribution in [0, 0.1) is 11.8 Å². The van der Waals surface area contributed by atoms with E-state index < -0.39 is 41.7 Å². The number of cyclic esters (lactones) is 1. The standard InChI is InChI=1S/C33H42BrN3O7/c1-2-3-16-36-17-10-5-9-15-25(39)35-21-24(22-13-7-4-8-14-22)43-32(42)26-27-30(40)37(18-11-6-12-19-38)29(31(36)41)33(27)20-23(34)28(26)44-33/h4-5,7-8,10,13-14,20,24,26-29,38H,2-3,6,9,11-12,15-19,21H2,1H3,(H,35,39)/b10-5-/t24-,26-,27+,28-,29-,33+/m0/s1. The van der Waals surface area contributed by atoms with Crippen molar-refractivity contribution >= 4 is 39.6 Å². The van der Waals surface area contributed by atoms with E-state index in [4.69, 9.17) is 9.47 Å². The van der Waals surface area contributed by atoms with Crippen molar-refractivity contribution < 1.29 is 33.8 Å². The molecule has 0 unspecified atom stereocenters. The van der Waals surface area contributed by atoms with E-state index >= 15 is 0 Å². The number of benzene rings is 1. The number of likely N-dealkylation sites (tertiary alicyclic amines) is 1. The van der Waals surface area contributed by atoms with Crippen LogP contribution in [0.5, 0.6) is 0 Å². The zero-order chi connectivity index (χ0) is 31.3. The minimum atomic E-state index is -1.32. The monoisotopic (exact) mass is 671 g/mol. The number of fused-ring (bicyclic) bond motifs is 2. The quantitative estimate of drug-likeness (QED) is 0.234. The Bertz CT molecular complexity index is 1290. The fourth-order valence-electron chi connectivity index (χ4n) is 6.83. The number of aliphatic hydroxyl groups is 1. The number of rotatable bonds is 9. The van der Waals surface area contributed by atoms with Crippen LogP contribution in [0.15, 0.2) is 53.0 Å². The van der Waals surface area contributed by atoms with Gasteiger partial charge in [0.15, 0.2) is 0 Å². The number of nitrogens with one attached hydrogen (secondary N) is 1. The molecule has 5 bridgehead atoms. The Labute approximate surface area is 266 Å². The number of hydrogen-bond donors (Lipinski definition) is 2. The maximum absolute atomic E-state index is 14.5. The van der Waals surface area contributed by atoms with Gasteiger partial charge in [0.1, 0.15) is 29.8 Å². The van der Waals surface area contributed by atoms with Gasteiger partial charge in [-0.1, -0.05) is 71.8 Å². The molecule has 0 aromatic heterocycles. The van der Waals surface area contributed by atoms with Crippen LogP contribution in [0.3, 0.4) is 0 Å². The van der Waals surface area contributed by atoms with Gasteiger partial charge >= 0.3 is 5.97 Å². The summed E-state index contributed by atoms with van der Waals surface area (Å²) in [6, 6.07) is 8.25. The second-order valence-electron chi connectivity index (χ2n) is 11.9. The summed E-state index contributed by atoms with van der Waals surface area (Å²) in [5.41, 5.74) is -0.605. The van der Waals surface area contributed by atoms with Gasteiger partial charge in [-0.15, -0.1) is 0 Å². The van der Waals surface area contributed by atoms with Crippen LogP contribution in [-0.4, -0.2) is 89.1 Å². The normalized spacial score (nSPS) is 31.5. The number of halogens is 1. The van der Waals surface area contributed by atoms with E-state index in [2.05, 4.69) is 28.2 Å². The first-order valence-electron chi connectivity index (χ1n) is 15.8. The van der Waals surface area contributed by atoms with Crippen molar-refractivity contribution in [3.63, 3.8) is 0 Å². The molecule has 2 fully saturated rings. The lowest BCUT2D eigenvalue weighted by Crippen LogP contribution is -2.56. The van der Waals surface area contributed by atoms with Crippen molar-refractivity contribution in [2.45, 2.75) is 75.7 Å². The van der Waals surface area contributed by atoms with Gasteiger partial charge in [-0.25, -0.2) is 0 Å². The number of nitrogens with zero attached hydrogens (tertiary/aromatic N) is 2. The molecule has 4 aliphatic heterocycles. The summed E-state index contributed by atoms with van der Waals surface area (Å²) >= 11 is 3.59. The van der Waals surface area contributed by atoms with Crippen LogP contribution >= 0.6 is 15.9 Å². The third-order valence-corrected chi connectivity index (χ3v) is 9.71. The highest BCUT2D eigenvalue weighted by Crippen LogP contribution is 2.59. The Morgan fingerprint density at radius 2 is 1.82 bits per heavy atom. The number of ether oxygens (including phenoxy) is 2. The number of allylic oxidation sites excluding steroid dienone is 1. The third kappa shape index (κ3) is 6.37. The molecule has 2 saturated heterocycles. The van der Waals surface area contributed by atoms with E-state index in [-0.39, 0.29) is 37.3 Å². The van der Waals surface area contributed by atoms with Gasteiger partial charge in [-0.2, -0.15) is 0 Å². The molecule has 11 heteroatoms. The van der Waals surface area contributed by atoms with Crippen LogP contribution in [-0.2, 0) is 28.7 Å². The first-order valence-corrected chi connectivity index (χ1v) is 16.5. The van der Waals surface area contributed by atoms with Crippen molar-refractivity contribution in [2.24, 2.45) is 11.8 Å². The fraction of sp³-hybridized carbons (Fsp3) is 0.576. The highest BCUT2D eigenvalue weighted by atomic mass is 79.9. The zero-order valence-corrected chi connectivity index (χ0v) is 26.7. The molecule has 1 spiro atoms. The Morgan fingerprint density at radius 3 is 2.57 bits per heavy atom. The van der Waals surface area contributed by atoms with E-state index in [1.807, 2.05) is 48.6 Å². The molecule has 1 aromatic rings. The number of unbranched alkanes of at least 4 members (excludes halogenated alkanes) is 3. The van der Waals surface area contributed by atoms with E-state index in [1.54, 1.807) is 9.80 Å². The van der Waals surface area contributed by atoms with Crippen LogP contribution in [0.4, 0.5) is 0 Å². The molecule has 10 nitrogen and oxygen atoms in total. The molecular formula is C33H42BrN3O7. The molecule has 3 amide bonds. The average Bonchev–Trinajstić information content (AvgIpc) is 3.61. The predicted octanol–water partition coefficient (Wildman–Crippen LogP) is 3.40. The van der Waals surface area contributed by atoms with Crippen molar-refractivity contribution in [1.29, 1.82) is 0 Å². The Kier molecular flexibility index (Phi) is 10.6. The number of carbonyl (C=O) groups excluding carboxylic acids is 4. The van der Waals surface area contributed by atoms with Crippen LogP contribution in [0.25, 0.3) is 0 Å². The zero-order valence-electron chi connectivity index (χ0n) is 25.2. The number of aliphatic hydroxyl groups excluding tert-OH is 1. The molecule has 0 saturated carbocycles. The summed E-state index contributed by atoms with van der Waals surface area (Å²) in [5.74, 6) is -3.21. The molecule has 0 radical (unpaired) electrons. The lowest BCUT2D eigenvalue weighted by atomic mass is 9.74. The molecule has 44 heavy (non-hydrogen) atoms. The first-order chi connectivity index (χ1) is 21.3. The molecule has 4 aliphatic rings. The molecule has 2 N–H and O–H groups in total. The van der Waals surface area contributed by atoms with Crippen LogP contribution in [0.2, 0.25) is 0 Å². The van der Waals surface area contributed by atoms with Crippen molar-refractivity contribution in [3.05, 3.63) is 58.6 Å². The van der Waals surface area contributed by atoms with Gasteiger partial charge in [0.05, 0.1) is 12.5 Å². The first kappa shape index (κ1) is 32.4. The smallest absolute Gasteiger partial charge is 0.313 e. The summed E-state index contributed by atoms with van der Waals surface area (Å²) in [5, 5.41) is 12.2. The Hall–Kier alpha value is -3.02. The van der Waals surface area contributed by atoms with Gasteiger partial charge in [0.25, 0.3) is 0 Å². The molecule has 238 valence electrons. The topological polar surface area (TPSA) is 125 Å². The summed E-state index contributed by atoms with van der Waals surface area (Å²) in [7, 11) is 0. The van der Waals surface area contributed by atoms with Gasteiger partial charge < -0.3 is 29.7 Å². The molecule has 6 atom stereocenters. The maximum Gasteiger partial charge on any atom is 0.313 e. The van der Waals surface area contributed by atoms with Crippen molar-refractivity contribution in [1.82, 2.24) is 15.1 Å². The molecule has 0 aliphatic carbocycles. The predicted molar refractivity (Wildman–Crippen MR) is 166 cm³/mol.